The van der Waals surface area contributed by atoms with Gasteiger partial charge in [-0.3, -0.25) is 14.6 Å². The molecule has 1 unspecified atom stereocenters. The van der Waals surface area contributed by atoms with Crippen LogP contribution in [-0.2, 0) is 10.8 Å². The summed E-state index contributed by atoms with van der Waals surface area (Å²) in [5, 5.41) is 10.0. The highest BCUT2D eigenvalue weighted by atomic mass is 28.4. The number of rotatable bonds is 9. The number of pyridine rings is 1. The number of ether oxygens (including phenoxy) is 1. The van der Waals surface area contributed by atoms with Crippen LogP contribution in [0.15, 0.2) is 36.5 Å². The Labute approximate surface area is 209 Å². The SMILES string of the molecule is CC(C)(C)[Si](C)(C)OCCc1ncccc1C(=O)N1CCCCC1COc1cccc(O)c1C=O. The fraction of sp³-hybridized carbons (Fsp3) is 0.519. The number of nitrogens with zero attached hydrogens (tertiary/aromatic N) is 2. The fourth-order valence-corrected chi connectivity index (χ4v) is 5.06. The van der Waals surface area contributed by atoms with E-state index in [4.69, 9.17) is 9.16 Å². The first kappa shape index (κ1) is 26.9. The Hall–Kier alpha value is -2.71. The number of benzene rings is 1. The van der Waals surface area contributed by atoms with Gasteiger partial charge in [-0.2, -0.15) is 0 Å². The molecule has 1 aromatic heterocycles. The third-order valence-corrected chi connectivity index (χ3v) is 11.7. The molecule has 1 N–H and O–H groups in total. The molecular formula is C27H38N2O5Si. The first-order valence-electron chi connectivity index (χ1n) is 12.3. The van der Waals surface area contributed by atoms with E-state index in [0.717, 1.165) is 25.0 Å². The van der Waals surface area contributed by atoms with Crippen LogP contribution in [0.25, 0.3) is 0 Å². The Bertz CT molecular complexity index is 1030. The Morgan fingerprint density at radius 2 is 2.00 bits per heavy atom. The van der Waals surface area contributed by atoms with Gasteiger partial charge in [-0.15, -0.1) is 0 Å². The minimum absolute atomic E-state index is 0.0553. The average molecular weight is 499 g/mol. The van der Waals surface area contributed by atoms with Gasteiger partial charge in [-0.25, -0.2) is 0 Å². The largest absolute Gasteiger partial charge is 0.507 e. The van der Waals surface area contributed by atoms with Gasteiger partial charge in [0.2, 0.25) is 0 Å². The molecular weight excluding hydrogens is 460 g/mol. The first-order chi connectivity index (χ1) is 16.5. The van der Waals surface area contributed by atoms with E-state index >= 15 is 0 Å². The van der Waals surface area contributed by atoms with Crippen molar-refractivity contribution < 1.29 is 23.9 Å². The number of piperidine rings is 1. The second kappa shape index (κ2) is 11.3. The lowest BCUT2D eigenvalue weighted by Gasteiger charge is -2.36. The predicted octanol–water partition coefficient (Wildman–Crippen LogP) is 5.24. The number of aldehydes is 1. The van der Waals surface area contributed by atoms with E-state index in [1.54, 1.807) is 24.4 Å². The molecule has 2 heterocycles. The van der Waals surface area contributed by atoms with Gasteiger partial charge in [-0.1, -0.05) is 26.8 Å². The van der Waals surface area contributed by atoms with Gasteiger partial charge < -0.3 is 19.2 Å². The third kappa shape index (κ3) is 6.49. The second-order valence-electron chi connectivity index (χ2n) is 10.6. The number of carbonyl (C=O) groups is 2. The molecule has 3 rings (SSSR count). The molecule has 7 nitrogen and oxygen atoms in total. The molecule has 1 aliphatic rings. The van der Waals surface area contributed by atoms with Gasteiger partial charge in [-0.05, 0) is 61.7 Å². The Balaban J connectivity index is 1.71. The van der Waals surface area contributed by atoms with Crippen molar-refractivity contribution >= 4 is 20.5 Å². The summed E-state index contributed by atoms with van der Waals surface area (Å²) in [4.78, 5) is 31.4. The van der Waals surface area contributed by atoms with Crippen molar-refractivity contribution in [1.82, 2.24) is 9.88 Å². The van der Waals surface area contributed by atoms with Gasteiger partial charge >= 0.3 is 0 Å². The molecule has 190 valence electrons. The van der Waals surface area contributed by atoms with E-state index in [-0.39, 0.29) is 34.9 Å². The number of hydrogen-bond acceptors (Lipinski definition) is 6. The van der Waals surface area contributed by atoms with Crippen LogP contribution < -0.4 is 4.74 Å². The van der Waals surface area contributed by atoms with Gasteiger partial charge in [0.05, 0.1) is 22.9 Å². The number of phenolic OH excluding ortho intramolecular Hbond substituents is 1. The molecule has 1 aliphatic heterocycles. The minimum Gasteiger partial charge on any atom is -0.507 e. The van der Waals surface area contributed by atoms with E-state index < -0.39 is 8.32 Å². The lowest BCUT2D eigenvalue weighted by atomic mass is 10.0. The summed E-state index contributed by atoms with van der Waals surface area (Å²) in [5.41, 5.74) is 1.47. The van der Waals surface area contributed by atoms with Crippen LogP contribution in [0.2, 0.25) is 18.1 Å². The maximum Gasteiger partial charge on any atom is 0.256 e. The van der Waals surface area contributed by atoms with Gasteiger partial charge in [0.25, 0.3) is 5.91 Å². The molecule has 1 saturated heterocycles. The lowest BCUT2D eigenvalue weighted by molar-refractivity contribution is 0.0525. The van der Waals surface area contributed by atoms with Crippen LogP contribution in [0.5, 0.6) is 11.5 Å². The molecule has 8 heteroatoms. The molecule has 2 aromatic rings. The van der Waals surface area contributed by atoms with E-state index in [1.807, 2.05) is 11.0 Å². The molecule has 1 atom stereocenters. The monoisotopic (exact) mass is 498 g/mol. The van der Waals surface area contributed by atoms with Crippen molar-refractivity contribution in [2.75, 3.05) is 19.8 Å². The summed E-state index contributed by atoms with van der Waals surface area (Å²) in [7, 11) is -1.88. The highest BCUT2D eigenvalue weighted by Crippen LogP contribution is 2.36. The predicted molar refractivity (Wildman–Crippen MR) is 139 cm³/mol. The summed E-state index contributed by atoms with van der Waals surface area (Å²) in [6.07, 6.45) is 5.62. The van der Waals surface area contributed by atoms with E-state index in [1.165, 1.54) is 6.07 Å². The second-order valence-corrected chi connectivity index (χ2v) is 15.4. The van der Waals surface area contributed by atoms with Crippen LogP contribution >= 0.6 is 0 Å². The quantitative estimate of drug-likeness (QED) is 0.376. The maximum absolute atomic E-state index is 13.6. The molecule has 0 spiro atoms. The van der Waals surface area contributed by atoms with Crippen molar-refractivity contribution in [3.05, 3.63) is 53.3 Å². The number of aromatic hydroxyl groups is 1. The van der Waals surface area contributed by atoms with Gasteiger partial charge in [0.15, 0.2) is 14.6 Å². The van der Waals surface area contributed by atoms with Crippen LogP contribution in [0, 0.1) is 0 Å². The molecule has 0 radical (unpaired) electrons. The standard InChI is InChI=1S/C27H38N2O5Si/c1-27(2,3)35(4,5)34-17-14-23-21(11-9-15-28-23)26(32)29-16-7-6-10-20(29)19-33-25-13-8-12-24(31)22(25)18-30/h8-9,11-13,15,18,20,31H,6-7,10,14,16-17,19H2,1-5H3. The molecule has 1 fully saturated rings. The van der Waals surface area contributed by atoms with Crippen LogP contribution in [0.3, 0.4) is 0 Å². The Morgan fingerprint density at radius 1 is 1.23 bits per heavy atom. The summed E-state index contributed by atoms with van der Waals surface area (Å²) < 4.78 is 12.2. The smallest absolute Gasteiger partial charge is 0.256 e. The number of aromatic nitrogens is 1. The highest BCUT2D eigenvalue weighted by molar-refractivity contribution is 6.74. The molecule has 1 amide bonds. The molecule has 35 heavy (non-hydrogen) atoms. The van der Waals surface area contributed by atoms with E-state index in [0.29, 0.717) is 37.2 Å². The summed E-state index contributed by atoms with van der Waals surface area (Å²) in [5.74, 6) is 0.150. The number of likely N-dealkylation sites (tertiary alicyclic amines) is 1. The lowest BCUT2D eigenvalue weighted by Crippen LogP contribution is -2.47. The van der Waals surface area contributed by atoms with Crippen LogP contribution in [0.4, 0.5) is 0 Å². The van der Waals surface area contributed by atoms with Crippen molar-refractivity contribution in [2.24, 2.45) is 0 Å². The number of hydrogen-bond donors (Lipinski definition) is 1. The normalized spacial score (nSPS) is 16.7. The summed E-state index contributed by atoms with van der Waals surface area (Å²) in [6, 6.07) is 8.24. The maximum atomic E-state index is 13.6. The average Bonchev–Trinajstić information content (AvgIpc) is 2.82. The zero-order valence-corrected chi connectivity index (χ0v) is 22.5. The topological polar surface area (TPSA) is 89.0 Å². The summed E-state index contributed by atoms with van der Waals surface area (Å²) >= 11 is 0. The zero-order valence-electron chi connectivity index (χ0n) is 21.5. The molecule has 1 aromatic carbocycles. The first-order valence-corrected chi connectivity index (χ1v) is 15.2. The van der Waals surface area contributed by atoms with Crippen molar-refractivity contribution in [3.63, 3.8) is 0 Å². The molecule has 0 saturated carbocycles. The molecule has 0 bridgehead atoms. The van der Waals surface area contributed by atoms with Crippen molar-refractivity contribution in [3.8, 4) is 11.5 Å². The van der Waals surface area contributed by atoms with Gasteiger partial charge in [0, 0.05) is 25.8 Å². The molecule has 0 aliphatic carbocycles. The number of amides is 1. The van der Waals surface area contributed by atoms with Gasteiger partial charge in [0.1, 0.15) is 18.1 Å². The Morgan fingerprint density at radius 3 is 2.71 bits per heavy atom. The van der Waals surface area contributed by atoms with Crippen molar-refractivity contribution in [2.45, 2.75) is 70.6 Å². The highest BCUT2D eigenvalue weighted by Gasteiger charge is 2.37. The van der Waals surface area contributed by atoms with E-state index in [2.05, 4.69) is 38.8 Å². The fourth-order valence-electron chi connectivity index (χ4n) is 4.01. The van der Waals surface area contributed by atoms with Crippen molar-refractivity contribution in [1.29, 1.82) is 0 Å². The number of phenols is 1. The summed E-state index contributed by atoms with van der Waals surface area (Å²) in [6.45, 7) is 12.5. The minimum atomic E-state index is -1.88. The zero-order chi connectivity index (χ0) is 25.6. The van der Waals surface area contributed by atoms with Crippen LogP contribution in [0.1, 0.15) is 66.4 Å². The third-order valence-electron chi connectivity index (χ3n) is 7.21. The Kier molecular flexibility index (Phi) is 8.72. The number of carbonyl (C=O) groups excluding carboxylic acids is 2. The van der Waals surface area contributed by atoms with Crippen LogP contribution in [-0.4, -0.2) is 61.3 Å². The van der Waals surface area contributed by atoms with E-state index in [9.17, 15) is 14.7 Å².